The van der Waals surface area contributed by atoms with Crippen LogP contribution >= 0.6 is 0 Å². The van der Waals surface area contributed by atoms with E-state index in [-0.39, 0.29) is 0 Å². The topological polar surface area (TPSA) is 43.8 Å². The van der Waals surface area contributed by atoms with Gasteiger partial charge in [-0.1, -0.05) is 19.1 Å². The molecular weight excluding hydrogens is 174 g/mol. The van der Waals surface area contributed by atoms with Gasteiger partial charge in [0, 0.05) is 6.20 Å². The lowest BCUT2D eigenvalue weighted by Crippen LogP contribution is -1.99. The van der Waals surface area contributed by atoms with E-state index in [0.29, 0.717) is 0 Å². The average molecular weight is 187 g/mol. The van der Waals surface area contributed by atoms with E-state index < -0.39 is 0 Å². The Morgan fingerprint density at radius 2 is 2.14 bits per heavy atom. The second kappa shape index (κ2) is 3.54. The van der Waals surface area contributed by atoms with Crippen LogP contribution in [0.25, 0.3) is 5.69 Å². The predicted octanol–water partition coefficient (Wildman–Crippen LogP) is 2.02. The summed E-state index contributed by atoms with van der Waals surface area (Å²) in [6.07, 6.45) is 4.87. The first-order chi connectivity index (χ1) is 6.81. The van der Waals surface area contributed by atoms with Crippen LogP contribution in [0.3, 0.4) is 0 Å². The van der Waals surface area contributed by atoms with Gasteiger partial charge in [0.2, 0.25) is 0 Å². The van der Waals surface area contributed by atoms with Gasteiger partial charge in [-0.15, -0.1) is 0 Å². The van der Waals surface area contributed by atoms with E-state index in [4.69, 9.17) is 5.73 Å². The Balaban J connectivity index is 2.44. The molecule has 2 N–H and O–H groups in total. The van der Waals surface area contributed by atoms with Gasteiger partial charge in [0.05, 0.1) is 17.6 Å². The molecule has 0 atom stereocenters. The highest BCUT2D eigenvalue weighted by Gasteiger charge is 2.01. The van der Waals surface area contributed by atoms with Gasteiger partial charge in [0.1, 0.15) is 0 Å². The quantitative estimate of drug-likeness (QED) is 0.731. The molecule has 1 aromatic carbocycles. The Morgan fingerprint density at radius 3 is 2.79 bits per heavy atom. The highest BCUT2D eigenvalue weighted by molar-refractivity contribution is 5.56. The second-order valence-electron chi connectivity index (χ2n) is 3.21. The first-order valence-electron chi connectivity index (χ1n) is 4.69. The van der Waals surface area contributed by atoms with Crippen LogP contribution in [0.4, 0.5) is 5.69 Å². The molecule has 0 saturated heterocycles. The summed E-state index contributed by atoms with van der Waals surface area (Å²) >= 11 is 0. The Morgan fingerprint density at radius 1 is 1.36 bits per heavy atom. The van der Waals surface area contributed by atoms with Crippen LogP contribution < -0.4 is 5.73 Å². The van der Waals surface area contributed by atoms with Crippen LogP contribution in [0, 0.1) is 0 Å². The minimum atomic E-state index is 0.748. The maximum atomic E-state index is 5.84. The van der Waals surface area contributed by atoms with Crippen LogP contribution in [0.5, 0.6) is 0 Å². The summed E-state index contributed by atoms with van der Waals surface area (Å²) in [7, 11) is 0. The summed E-state index contributed by atoms with van der Waals surface area (Å²) in [6, 6.07) is 7.71. The first kappa shape index (κ1) is 8.81. The number of nitrogen functional groups attached to an aromatic ring is 1. The van der Waals surface area contributed by atoms with Gasteiger partial charge < -0.3 is 5.73 Å². The normalized spacial score (nSPS) is 10.4. The lowest BCUT2D eigenvalue weighted by molar-refractivity contribution is 0.882. The van der Waals surface area contributed by atoms with Crippen molar-refractivity contribution in [3.8, 4) is 5.69 Å². The lowest BCUT2D eigenvalue weighted by atomic mass is 10.2. The Kier molecular flexibility index (Phi) is 2.23. The number of aromatic nitrogens is 2. The Bertz CT molecular complexity index is 432. The molecular formula is C11H13N3. The van der Waals surface area contributed by atoms with Crippen LogP contribution in [-0.4, -0.2) is 9.78 Å². The minimum Gasteiger partial charge on any atom is -0.397 e. The molecule has 0 fully saturated rings. The zero-order chi connectivity index (χ0) is 9.97. The zero-order valence-electron chi connectivity index (χ0n) is 8.14. The number of rotatable bonds is 2. The molecule has 0 aliphatic carbocycles. The van der Waals surface area contributed by atoms with Gasteiger partial charge in [-0.3, -0.25) is 0 Å². The molecule has 0 amide bonds. The van der Waals surface area contributed by atoms with Gasteiger partial charge >= 0.3 is 0 Å². The van der Waals surface area contributed by atoms with E-state index in [1.807, 2.05) is 41.3 Å². The van der Waals surface area contributed by atoms with E-state index in [1.54, 1.807) is 0 Å². The maximum Gasteiger partial charge on any atom is 0.0874 e. The van der Waals surface area contributed by atoms with Gasteiger partial charge in [-0.05, 0) is 24.1 Å². The van der Waals surface area contributed by atoms with Crippen LogP contribution in [0.2, 0.25) is 0 Å². The SMILES string of the molecule is CCc1cnn(-c2ccccc2N)c1. The highest BCUT2D eigenvalue weighted by atomic mass is 15.3. The van der Waals surface area contributed by atoms with E-state index in [0.717, 1.165) is 17.8 Å². The molecule has 1 aromatic heterocycles. The van der Waals surface area contributed by atoms with Crippen molar-refractivity contribution in [3.05, 3.63) is 42.2 Å². The minimum absolute atomic E-state index is 0.748. The van der Waals surface area contributed by atoms with E-state index >= 15 is 0 Å². The summed E-state index contributed by atoms with van der Waals surface area (Å²) in [5.41, 5.74) is 8.74. The van der Waals surface area contributed by atoms with Gasteiger partial charge in [-0.2, -0.15) is 5.10 Å². The Labute approximate surface area is 83.2 Å². The highest BCUT2D eigenvalue weighted by Crippen LogP contribution is 2.15. The Hall–Kier alpha value is -1.77. The molecule has 0 radical (unpaired) electrons. The molecule has 72 valence electrons. The van der Waals surface area contributed by atoms with Gasteiger partial charge in [0.25, 0.3) is 0 Å². The number of para-hydroxylation sites is 2. The first-order valence-corrected chi connectivity index (χ1v) is 4.69. The maximum absolute atomic E-state index is 5.84. The summed E-state index contributed by atoms with van der Waals surface area (Å²) in [6.45, 7) is 2.11. The lowest BCUT2D eigenvalue weighted by Gasteiger charge is -2.03. The van der Waals surface area contributed by atoms with E-state index in [2.05, 4.69) is 12.0 Å². The van der Waals surface area contributed by atoms with Crippen molar-refractivity contribution < 1.29 is 0 Å². The van der Waals surface area contributed by atoms with Crippen LogP contribution in [-0.2, 0) is 6.42 Å². The molecule has 2 rings (SSSR count). The third kappa shape index (κ3) is 1.48. The number of hydrogen-bond acceptors (Lipinski definition) is 2. The number of anilines is 1. The second-order valence-corrected chi connectivity index (χ2v) is 3.21. The van der Waals surface area contributed by atoms with Gasteiger partial charge in [-0.25, -0.2) is 4.68 Å². The molecule has 0 aliphatic rings. The molecule has 0 saturated carbocycles. The molecule has 1 heterocycles. The summed E-state index contributed by atoms with van der Waals surface area (Å²) in [5, 5.41) is 4.25. The van der Waals surface area contributed by atoms with E-state index in [1.165, 1.54) is 5.56 Å². The molecule has 0 aliphatic heterocycles. The smallest absolute Gasteiger partial charge is 0.0874 e. The number of nitrogens with zero attached hydrogens (tertiary/aromatic N) is 2. The molecule has 2 aromatic rings. The third-order valence-electron chi connectivity index (χ3n) is 2.23. The fourth-order valence-electron chi connectivity index (χ4n) is 1.37. The summed E-state index contributed by atoms with van der Waals surface area (Å²) < 4.78 is 1.81. The zero-order valence-corrected chi connectivity index (χ0v) is 8.14. The van der Waals surface area contributed by atoms with Crippen molar-refractivity contribution >= 4 is 5.69 Å². The standard InChI is InChI=1S/C11H13N3/c1-2-9-7-13-14(8-9)11-6-4-3-5-10(11)12/h3-8H,2,12H2,1H3. The fourth-order valence-corrected chi connectivity index (χ4v) is 1.37. The van der Waals surface area contributed by atoms with Crippen molar-refractivity contribution in [2.45, 2.75) is 13.3 Å². The fraction of sp³-hybridized carbons (Fsp3) is 0.182. The largest absolute Gasteiger partial charge is 0.397 e. The van der Waals surface area contributed by atoms with Crippen molar-refractivity contribution in [2.24, 2.45) is 0 Å². The molecule has 0 spiro atoms. The van der Waals surface area contributed by atoms with Crippen molar-refractivity contribution in [1.82, 2.24) is 9.78 Å². The predicted molar refractivity (Wildman–Crippen MR) is 57.4 cm³/mol. The molecule has 0 bridgehead atoms. The molecule has 0 unspecified atom stereocenters. The van der Waals surface area contributed by atoms with Crippen LogP contribution in [0.15, 0.2) is 36.7 Å². The number of aryl methyl sites for hydroxylation is 1. The van der Waals surface area contributed by atoms with Gasteiger partial charge in [0.15, 0.2) is 0 Å². The molecule has 3 heteroatoms. The molecule has 3 nitrogen and oxygen atoms in total. The summed E-state index contributed by atoms with van der Waals surface area (Å²) in [4.78, 5) is 0. The van der Waals surface area contributed by atoms with Crippen LogP contribution in [0.1, 0.15) is 12.5 Å². The number of nitrogens with two attached hydrogens (primary N) is 1. The monoisotopic (exact) mass is 187 g/mol. The third-order valence-corrected chi connectivity index (χ3v) is 2.23. The number of hydrogen-bond donors (Lipinski definition) is 1. The van der Waals surface area contributed by atoms with Crippen molar-refractivity contribution in [1.29, 1.82) is 0 Å². The molecule has 14 heavy (non-hydrogen) atoms. The van der Waals surface area contributed by atoms with E-state index in [9.17, 15) is 0 Å². The van der Waals surface area contributed by atoms with Crippen molar-refractivity contribution in [3.63, 3.8) is 0 Å². The van der Waals surface area contributed by atoms with Crippen molar-refractivity contribution in [2.75, 3.05) is 5.73 Å². The number of benzene rings is 1. The summed E-state index contributed by atoms with van der Waals surface area (Å²) in [5.74, 6) is 0. The average Bonchev–Trinajstić information content (AvgIpc) is 2.67.